The summed E-state index contributed by atoms with van der Waals surface area (Å²) in [5, 5.41) is 35.5. The third kappa shape index (κ3) is 1.11. The van der Waals surface area contributed by atoms with Gasteiger partial charge in [-0.2, -0.15) is 0 Å². The molecule has 0 heteroatoms. The van der Waals surface area contributed by atoms with Crippen LogP contribution in [0.4, 0.5) is 0 Å². The summed E-state index contributed by atoms with van der Waals surface area (Å²) in [6.07, 6.45) is 0. The Labute approximate surface area is 201 Å². The molecule has 0 aliphatic heterocycles. The monoisotopic (exact) mass is 444 g/mol. The average Bonchev–Trinajstić information content (AvgIpc) is 2.87. The topological polar surface area (TPSA) is 0 Å². The van der Waals surface area contributed by atoms with Gasteiger partial charge in [0.15, 0.2) is 0 Å². The number of fused-ring (bicyclic) bond motifs is 6. The maximum Gasteiger partial charge on any atom is -0.000717 e. The minimum atomic E-state index is 1.44. The third-order valence-corrected chi connectivity index (χ3v) is 10.5. The lowest BCUT2D eigenvalue weighted by Gasteiger charge is -2.30. The summed E-state index contributed by atoms with van der Waals surface area (Å²) in [4.78, 5) is 0. The molecule has 0 spiro atoms. The first-order valence-corrected chi connectivity index (χ1v) is 13.0. The van der Waals surface area contributed by atoms with Gasteiger partial charge in [-0.3, -0.25) is 0 Å². The summed E-state index contributed by atoms with van der Waals surface area (Å²) in [5.41, 5.74) is 0. The fourth-order valence-corrected chi connectivity index (χ4v) is 9.05. The van der Waals surface area contributed by atoms with Crippen molar-refractivity contribution in [3.8, 4) is 0 Å². The molecule has 0 aliphatic carbocycles. The van der Waals surface area contributed by atoms with Gasteiger partial charge in [0, 0.05) is 0 Å². The molecule has 0 fully saturated rings. The van der Waals surface area contributed by atoms with Crippen LogP contribution in [0.25, 0.3) is 129 Å². The van der Waals surface area contributed by atoms with E-state index in [-0.39, 0.29) is 0 Å². The van der Waals surface area contributed by atoms with Crippen LogP contribution in [0, 0.1) is 0 Å². The lowest BCUT2D eigenvalue weighted by atomic mass is 9.73. The van der Waals surface area contributed by atoms with Gasteiger partial charge in [0.25, 0.3) is 0 Å². The van der Waals surface area contributed by atoms with Crippen molar-refractivity contribution in [2.24, 2.45) is 0 Å². The van der Waals surface area contributed by atoms with E-state index in [2.05, 4.69) is 72.8 Å². The standard InChI is InChI=1S/C36H12/c1-2-14-16-5-6-18-20-9-10-23-24-12-11-22-21-8-7-19-17-4-3-15-13(1)25-26(14)28(16)30(18)32(20)34(23)36(24)35(22)33(21)31(19)29(17)27(15)25/h1-12H. The Bertz CT molecular complexity index is 2200. The van der Waals surface area contributed by atoms with Crippen molar-refractivity contribution in [1.29, 1.82) is 0 Å². The van der Waals surface area contributed by atoms with E-state index >= 15 is 0 Å². The van der Waals surface area contributed by atoms with E-state index in [0.29, 0.717) is 0 Å². The fraction of sp³-hybridized carbons (Fsp3) is 0. The van der Waals surface area contributed by atoms with Crippen molar-refractivity contribution >= 4 is 129 Å². The van der Waals surface area contributed by atoms with Gasteiger partial charge < -0.3 is 0 Å². The van der Waals surface area contributed by atoms with Gasteiger partial charge in [-0.25, -0.2) is 0 Å². The van der Waals surface area contributed by atoms with E-state index in [1.54, 1.807) is 0 Å². The highest BCUT2D eigenvalue weighted by atomic mass is 14.3. The molecule has 0 atom stereocenters. The zero-order chi connectivity index (χ0) is 22.3. The van der Waals surface area contributed by atoms with Gasteiger partial charge in [0.05, 0.1) is 0 Å². The number of rotatable bonds is 0. The van der Waals surface area contributed by atoms with E-state index in [9.17, 15) is 0 Å². The summed E-state index contributed by atoms with van der Waals surface area (Å²) in [5.74, 6) is 0. The van der Waals surface area contributed by atoms with Crippen molar-refractivity contribution in [3.63, 3.8) is 0 Å². The minimum Gasteiger partial charge on any atom is -0.0531 e. The van der Waals surface area contributed by atoms with Crippen LogP contribution in [0.3, 0.4) is 0 Å². The lowest BCUT2D eigenvalue weighted by molar-refractivity contribution is 1.83. The zero-order valence-corrected chi connectivity index (χ0v) is 18.9. The van der Waals surface area contributed by atoms with Crippen LogP contribution in [0.1, 0.15) is 0 Å². The second-order valence-corrected chi connectivity index (χ2v) is 11.5. The Morgan fingerprint density at radius 1 is 0.139 bits per heavy atom. The molecular formula is C36H12. The summed E-state index contributed by atoms with van der Waals surface area (Å²) in [6.45, 7) is 0. The zero-order valence-electron chi connectivity index (χ0n) is 18.9. The molecule has 0 aromatic heterocycles. The summed E-state index contributed by atoms with van der Waals surface area (Å²) < 4.78 is 0. The molecule has 0 amide bonds. The minimum absolute atomic E-state index is 1.44. The van der Waals surface area contributed by atoms with Crippen molar-refractivity contribution < 1.29 is 0 Å². The van der Waals surface area contributed by atoms with Gasteiger partial charge in [-0.1, -0.05) is 72.8 Å². The van der Waals surface area contributed by atoms with Gasteiger partial charge in [-0.05, 0) is 129 Å². The first kappa shape index (κ1) is 15.3. The fourth-order valence-electron chi connectivity index (χ4n) is 9.05. The molecule has 13 aromatic carbocycles. The molecule has 0 bridgehead atoms. The Kier molecular flexibility index (Phi) is 1.77. The second kappa shape index (κ2) is 4.14. The van der Waals surface area contributed by atoms with Crippen molar-refractivity contribution in [2.45, 2.75) is 0 Å². The van der Waals surface area contributed by atoms with E-state index < -0.39 is 0 Å². The lowest BCUT2D eigenvalue weighted by Crippen LogP contribution is -2.01. The maximum atomic E-state index is 2.38. The number of hydrogen-bond donors (Lipinski definition) is 0. The molecule has 13 aromatic rings. The molecule has 36 heavy (non-hydrogen) atoms. The van der Waals surface area contributed by atoms with Crippen molar-refractivity contribution in [1.82, 2.24) is 0 Å². The Balaban J connectivity index is 1.51. The van der Waals surface area contributed by atoms with Crippen LogP contribution in [0.5, 0.6) is 0 Å². The summed E-state index contributed by atoms with van der Waals surface area (Å²) >= 11 is 0. The van der Waals surface area contributed by atoms with Crippen LogP contribution in [-0.2, 0) is 0 Å². The molecule has 0 aliphatic rings. The normalized spacial score (nSPS) is 14.7. The Hall–Kier alpha value is -4.68. The highest BCUT2D eigenvalue weighted by Crippen LogP contribution is 2.60. The molecule has 0 saturated heterocycles. The highest BCUT2D eigenvalue weighted by Gasteiger charge is 2.31. The van der Waals surface area contributed by atoms with Crippen LogP contribution in [0.15, 0.2) is 72.8 Å². The van der Waals surface area contributed by atoms with Crippen molar-refractivity contribution in [3.05, 3.63) is 72.8 Å². The van der Waals surface area contributed by atoms with Crippen LogP contribution >= 0.6 is 0 Å². The average molecular weight is 444 g/mol. The smallest absolute Gasteiger partial charge is 0.000717 e. The molecule has 13 rings (SSSR count). The van der Waals surface area contributed by atoms with Crippen LogP contribution in [0.2, 0.25) is 0 Å². The van der Waals surface area contributed by atoms with Gasteiger partial charge in [0.1, 0.15) is 0 Å². The first-order valence-electron chi connectivity index (χ1n) is 13.0. The van der Waals surface area contributed by atoms with E-state index in [0.717, 1.165) is 0 Å². The molecule has 0 radical (unpaired) electrons. The van der Waals surface area contributed by atoms with Gasteiger partial charge in [0.2, 0.25) is 0 Å². The van der Waals surface area contributed by atoms with Gasteiger partial charge >= 0.3 is 0 Å². The predicted octanol–water partition coefficient (Wildman–Crippen LogP) is 10.5. The van der Waals surface area contributed by atoms with Crippen LogP contribution in [-0.4, -0.2) is 0 Å². The predicted molar refractivity (Wildman–Crippen MR) is 157 cm³/mol. The molecule has 156 valence electrons. The maximum absolute atomic E-state index is 2.38. The second-order valence-electron chi connectivity index (χ2n) is 11.5. The third-order valence-electron chi connectivity index (χ3n) is 10.5. The molecule has 0 N–H and O–H groups in total. The Morgan fingerprint density at radius 3 is 0.306 bits per heavy atom. The van der Waals surface area contributed by atoms with E-state index in [1.165, 1.54) is 129 Å². The van der Waals surface area contributed by atoms with E-state index in [1.807, 2.05) is 0 Å². The van der Waals surface area contributed by atoms with Gasteiger partial charge in [-0.15, -0.1) is 0 Å². The quantitative estimate of drug-likeness (QED) is 0.218. The summed E-state index contributed by atoms with van der Waals surface area (Å²) in [6, 6.07) is 28.5. The van der Waals surface area contributed by atoms with Crippen LogP contribution < -0.4 is 0 Å². The molecule has 0 heterocycles. The summed E-state index contributed by atoms with van der Waals surface area (Å²) in [7, 11) is 0. The van der Waals surface area contributed by atoms with Crippen molar-refractivity contribution in [2.75, 3.05) is 0 Å². The SMILES string of the molecule is c1cc2c3ccc4c5ccc6c7ccc8c9ccc%10c%11ccc%12c1c1c%12c%11c%10c9c8c7c6c5c4c3c21. The molecule has 0 saturated carbocycles. The number of benzene rings is 6. The Morgan fingerprint density at radius 2 is 0.222 bits per heavy atom. The first-order chi connectivity index (χ1) is 17.9. The van der Waals surface area contributed by atoms with E-state index in [4.69, 9.17) is 0 Å². The molecular weight excluding hydrogens is 432 g/mol. The highest BCUT2D eigenvalue weighted by molar-refractivity contribution is 6.60. The molecule has 0 unspecified atom stereocenters. The molecule has 0 nitrogen and oxygen atoms in total. The largest absolute Gasteiger partial charge is 0.0531 e. The number of hydrogen-bond acceptors (Lipinski definition) is 0.